The van der Waals surface area contributed by atoms with E-state index in [4.69, 9.17) is 13.9 Å². The van der Waals surface area contributed by atoms with E-state index in [0.29, 0.717) is 26.0 Å². The second kappa shape index (κ2) is 8.92. The summed E-state index contributed by atoms with van der Waals surface area (Å²) >= 11 is 6.87. The van der Waals surface area contributed by atoms with Crippen molar-refractivity contribution in [1.82, 2.24) is 10.2 Å². The van der Waals surface area contributed by atoms with Crippen molar-refractivity contribution in [2.75, 3.05) is 21.3 Å². The molecule has 3 rings (SSSR count). The number of ether oxygens (including phenoxy) is 3. The fraction of sp³-hybridized carbons (Fsp3) is 0.211. The Hall–Kier alpha value is -2.79. The van der Waals surface area contributed by atoms with Gasteiger partial charge in [0.1, 0.15) is 11.5 Å². The van der Waals surface area contributed by atoms with Crippen LogP contribution in [0.4, 0.5) is 4.79 Å². The van der Waals surface area contributed by atoms with Crippen LogP contribution >= 0.6 is 31.9 Å². The molecule has 0 saturated carbocycles. The largest absolute Gasteiger partial charge is 0.493 e. The number of nitrogens with zero attached hydrogens (tertiary/aromatic N) is 1. The van der Waals surface area contributed by atoms with Crippen molar-refractivity contribution >= 4 is 55.8 Å². The van der Waals surface area contributed by atoms with Crippen molar-refractivity contribution in [3.05, 3.63) is 49.9 Å². The molecular weight excluding hydrogens is 528 g/mol. The number of benzene rings is 1. The number of nitrogens with one attached hydrogen (secondary N) is 1. The number of furan rings is 1. The van der Waals surface area contributed by atoms with Crippen LogP contribution < -0.4 is 14.8 Å². The van der Waals surface area contributed by atoms with E-state index in [1.165, 1.54) is 39.5 Å². The molecule has 0 aliphatic carbocycles. The summed E-state index contributed by atoms with van der Waals surface area (Å²) in [5.41, 5.74) is 0.649. The number of esters is 1. The molecule has 158 valence electrons. The molecule has 0 spiro atoms. The lowest BCUT2D eigenvalue weighted by atomic mass is 10.1. The average Bonchev–Trinajstić information content (AvgIpc) is 3.31. The van der Waals surface area contributed by atoms with Crippen molar-refractivity contribution in [1.29, 1.82) is 0 Å². The van der Waals surface area contributed by atoms with Crippen LogP contribution in [0.2, 0.25) is 0 Å². The van der Waals surface area contributed by atoms with Gasteiger partial charge in [-0.2, -0.15) is 0 Å². The summed E-state index contributed by atoms with van der Waals surface area (Å²) < 4.78 is 21.7. The van der Waals surface area contributed by atoms with E-state index >= 15 is 0 Å². The van der Waals surface area contributed by atoms with E-state index in [0.717, 1.165) is 4.90 Å². The smallest absolute Gasteiger partial charge is 0.373 e. The number of urea groups is 1. The molecule has 2 aromatic rings. The highest BCUT2D eigenvalue weighted by atomic mass is 79.9. The summed E-state index contributed by atoms with van der Waals surface area (Å²) in [6.07, 6.45) is 1.51. The first-order valence-corrected chi connectivity index (χ1v) is 10.0. The molecule has 1 fully saturated rings. The molecule has 1 aromatic heterocycles. The molecule has 30 heavy (non-hydrogen) atoms. The predicted octanol–water partition coefficient (Wildman–Crippen LogP) is 3.70. The minimum Gasteiger partial charge on any atom is -0.493 e. The van der Waals surface area contributed by atoms with Gasteiger partial charge in [0.25, 0.3) is 5.91 Å². The van der Waals surface area contributed by atoms with Crippen LogP contribution in [0.3, 0.4) is 0 Å². The normalized spacial score (nSPS) is 14.8. The summed E-state index contributed by atoms with van der Waals surface area (Å²) in [4.78, 5) is 37.5. The van der Waals surface area contributed by atoms with E-state index in [1.807, 2.05) is 0 Å². The summed E-state index contributed by atoms with van der Waals surface area (Å²) in [6.45, 7) is -0.143. The Bertz CT molecular complexity index is 1060. The van der Waals surface area contributed by atoms with Gasteiger partial charge in [-0.15, -0.1) is 0 Å². The molecule has 1 aliphatic heterocycles. The summed E-state index contributed by atoms with van der Waals surface area (Å²) in [7, 11) is 4.22. The topological polar surface area (TPSA) is 107 Å². The molecule has 9 nitrogen and oxygen atoms in total. The Kier molecular flexibility index (Phi) is 6.52. The van der Waals surface area contributed by atoms with Crippen molar-refractivity contribution in [2.24, 2.45) is 0 Å². The van der Waals surface area contributed by atoms with Crippen LogP contribution in [0.15, 0.2) is 37.3 Å². The maximum atomic E-state index is 12.8. The van der Waals surface area contributed by atoms with Gasteiger partial charge in [-0.3, -0.25) is 9.69 Å². The Balaban J connectivity index is 1.87. The number of methoxy groups -OCH3 is 3. The lowest BCUT2D eigenvalue weighted by Gasteiger charge is -2.13. The monoisotopic (exact) mass is 542 g/mol. The molecule has 11 heteroatoms. The number of halogens is 2. The highest BCUT2D eigenvalue weighted by Gasteiger charge is 2.34. The van der Waals surface area contributed by atoms with Crippen molar-refractivity contribution in [3.63, 3.8) is 0 Å². The van der Waals surface area contributed by atoms with Gasteiger partial charge in [-0.1, -0.05) is 0 Å². The minimum atomic E-state index is -0.650. The first-order valence-electron chi connectivity index (χ1n) is 8.42. The lowest BCUT2D eigenvalue weighted by Crippen LogP contribution is -2.30. The third-order valence-electron chi connectivity index (χ3n) is 4.20. The maximum Gasteiger partial charge on any atom is 0.373 e. The number of hydrogen-bond donors (Lipinski definition) is 1. The van der Waals surface area contributed by atoms with E-state index in [1.54, 1.807) is 6.07 Å². The maximum absolute atomic E-state index is 12.8. The third kappa shape index (κ3) is 4.08. The van der Waals surface area contributed by atoms with Gasteiger partial charge in [0.15, 0.2) is 11.5 Å². The predicted molar refractivity (Wildman–Crippen MR) is 112 cm³/mol. The molecule has 2 heterocycles. The Morgan fingerprint density at radius 1 is 1.17 bits per heavy atom. The molecule has 0 radical (unpaired) electrons. The molecule has 0 unspecified atom stereocenters. The second-order valence-corrected chi connectivity index (χ2v) is 7.55. The Morgan fingerprint density at radius 2 is 1.90 bits per heavy atom. The second-order valence-electron chi connectivity index (χ2n) is 5.97. The SMILES string of the molecule is COC(=O)c1ccc(CN2C(=O)N/C(=C\c3cc(OC)c(OC)c(Br)c3Br)C2=O)o1. The molecule has 1 saturated heterocycles. The van der Waals surface area contributed by atoms with Crippen LogP contribution in [0, 0.1) is 0 Å². The van der Waals surface area contributed by atoms with Crippen LogP contribution in [0.1, 0.15) is 21.9 Å². The first-order chi connectivity index (χ1) is 14.3. The number of imide groups is 1. The van der Waals surface area contributed by atoms with Crippen molar-refractivity contribution in [3.8, 4) is 11.5 Å². The molecule has 1 aliphatic rings. The van der Waals surface area contributed by atoms with Crippen molar-refractivity contribution in [2.45, 2.75) is 6.54 Å². The Morgan fingerprint density at radius 3 is 2.53 bits per heavy atom. The van der Waals surface area contributed by atoms with Gasteiger partial charge in [0, 0.05) is 4.47 Å². The van der Waals surface area contributed by atoms with E-state index < -0.39 is 17.9 Å². The highest BCUT2D eigenvalue weighted by Crippen LogP contribution is 2.43. The zero-order valence-electron chi connectivity index (χ0n) is 16.1. The van der Waals surface area contributed by atoms with Gasteiger partial charge < -0.3 is 23.9 Å². The van der Waals surface area contributed by atoms with Crippen molar-refractivity contribution < 1.29 is 33.0 Å². The van der Waals surface area contributed by atoms with E-state index in [-0.39, 0.29) is 23.8 Å². The lowest BCUT2D eigenvalue weighted by molar-refractivity contribution is -0.123. The van der Waals surface area contributed by atoms with E-state index in [9.17, 15) is 14.4 Å². The average molecular weight is 544 g/mol. The van der Waals surface area contributed by atoms with Crippen LogP contribution in [0.5, 0.6) is 11.5 Å². The molecular formula is C19H16Br2N2O7. The zero-order valence-corrected chi connectivity index (χ0v) is 19.2. The van der Waals surface area contributed by atoms with Gasteiger partial charge in [-0.25, -0.2) is 9.59 Å². The van der Waals surface area contributed by atoms with Crippen LogP contribution in [-0.4, -0.2) is 44.1 Å². The number of hydrogen-bond acceptors (Lipinski definition) is 7. The number of carbonyl (C=O) groups is 3. The number of rotatable bonds is 6. The quantitative estimate of drug-likeness (QED) is 0.336. The molecule has 0 atom stereocenters. The molecule has 0 bridgehead atoms. The summed E-state index contributed by atoms with van der Waals surface area (Å²) in [6, 6.07) is 3.96. The van der Waals surface area contributed by atoms with Gasteiger partial charge in [0.05, 0.1) is 32.3 Å². The summed E-state index contributed by atoms with van der Waals surface area (Å²) in [5, 5.41) is 2.53. The van der Waals surface area contributed by atoms with Gasteiger partial charge >= 0.3 is 12.0 Å². The van der Waals surface area contributed by atoms with Gasteiger partial charge in [0.2, 0.25) is 5.76 Å². The fourth-order valence-electron chi connectivity index (χ4n) is 2.75. The minimum absolute atomic E-state index is 0.0190. The third-order valence-corrected chi connectivity index (χ3v) is 6.35. The first kappa shape index (κ1) is 21.9. The number of carbonyl (C=O) groups excluding carboxylic acids is 3. The fourth-order valence-corrected chi connectivity index (χ4v) is 3.75. The molecule has 1 aromatic carbocycles. The van der Waals surface area contributed by atoms with E-state index in [2.05, 4.69) is 41.9 Å². The van der Waals surface area contributed by atoms with Gasteiger partial charge in [-0.05, 0) is 61.7 Å². The molecule has 3 amide bonds. The summed E-state index contributed by atoms with van der Waals surface area (Å²) in [5.74, 6) is -0.0329. The molecule has 1 N–H and O–H groups in total. The zero-order chi connectivity index (χ0) is 22.0. The Labute approximate surface area is 188 Å². The number of amides is 3. The standard InChI is InChI=1S/C19H16Br2N2O7/c1-27-13-7-9(14(20)15(21)16(13)28-2)6-11-17(24)23(19(26)22-11)8-10-4-5-12(30-10)18(25)29-3/h4-7H,8H2,1-3H3,(H,22,26)/b11-6-. The highest BCUT2D eigenvalue weighted by molar-refractivity contribution is 9.13. The van der Waals surface area contributed by atoms with Crippen LogP contribution in [0.25, 0.3) is 6.08 Å². The van der Waals surface area contributed by atoms with Crippen LogP contribution in [-0.2, 0) is 16.1 Å².